The standard InChI is InChI=1S/C56H33N13O2/c57-25-37(26-58)49-50(38(27-59)28-60)53-46(34-15-7-2-8-16-34)42-23-24-44(66-42)48(36-19-11-4-12-20-36)55-56(69(70)71,40(31-63)32-64)51(39(29-61)30-62)54(68-55)47(35-17-9-3-10-18-35)43-22-21-41(65-43)45(52(49)67-53)33-13-5-1-6-14-33/h1-24,37-40,49-51,65-66H/t49-,50-,51?,56?/m0/s1. The van der Waals surface area contributed by atoms with Crippen molar-refractivity contribution >= 4 is 22.1 Å². The van der Waals surface area contributed by atoms with Crippen LogP contribution >= 0.6 is 0 Å². The Labute approximate surface area is 406 Å². The van der Waals surface area contributed by atoms with Gasteiger partial charge in [-0.3, -0.25) is 15.1 Å². The van der Waals surface area contributed by atoms with Gasteiger partial charge in [-0.2, -0.15) is 42.1 Å². The van der Waals surface area contributed by atoms with Crippen molar-refractivity contribution in [2.45, 2.75) is 23.3 Å². The summed E-state index contributed by atoms with van der Waals surface area (Å²) in [6.45, 7) is 0. The van der Waals surface area contributed by atoms with Crippen molar-refractivity contribution < 1.29 is 4.92 Å². The lowest BCUT2D eigenvalue weighted by atomic mass is 9.67. The van der Waals surface area contributed by atoms with E-state index in [1.54, 1.807) is 146 Å². The second-order valence-electron chi connectivity index (χ2n) is 16.8. The van der Waals surface area contributed by atoms with Gasteiger partial charge in [-0.05, 0) is 46.5 Å². The fourth-order valence-corrected chi connectivity index (χ4v) is 10.3. The Bertz CT molecular complexity index is 3740. The summed E-state index contributed by atoms with van der Waals surface area (Å²) in [5.74, 6) is -11.0. The first-order chi connectivity index (χ1) is 34.7. The second kappa shape index (κ2) is 18.9. The molecule has 15 heteroatoms. The minimum Gasteiger partial charge on any atom is -0.354 e. The molecular weight excluding hydrogens is 887 g/mol. The quantitative estimate of drug-likeness (QED) is 0.101. The highest BCUT2D eigenvalue weighted by molar-refractivity contribution is 5.93. The Kier molecular flexibility index (Phi) is 12.1. The molecule has 2 aliphatic rings. The van der Waals surface area contributed by atoms with Crippen molar-refractivity contribution in [3.63, 3.8) is 0 Å². The van der Waals surface area contributed by atoms with Gasteiger partial charge in [0.25, 0.3) is 0 Å². The minimum atomic E-state index is -2.87. The number of nitriles is 8. The summed E-state index contributed by atoms with van der Waals surface area (Å²) in [6, 6.07) is 57.9. The SMILES string of the molecule is N#CC(C#N)C1c2nc(c(-c3ccccc3)c3ccc([nH]3)c(-c3ccccc3)c3nc(c(-c4ccccc4)c4ccc([nH]4)c2-c2ccccc2)[C@@H](C(C#N)C#N)[C@@H]3C(C#N)C#N)C1(C(C#N)C#N)[N+](=O)[O-]. The summed E-state index contributed by atoms with van der Waals surface area (Å²) in [5.41, 5.74) is 1.12. The van der Waals surface area contributed by atoms with Crippen molar-refractivity contribution in [3.05, 3.63) is 178 Å². The van der Waals surface area contributed by atoms with Gasteiger partial charge in [0.05, 0.1) is 65.6 Å². The van der Waals surface area contributed by atoms with E-state index in [9.17, 15) is 52.2 Å². The molecule has 2 aliphatic heterocycles. The van der Waals surface area contributed by atoms with Crippen LogP contribution in [0.2, 0.25) is 0 Å². The molecule has 0 fully saturated rings. The van der Waals surface area contributed by atoms with Crippen LogP contribution in [0.15, 0.2) is 146 Å². The Morgan fingerprint density at radius 2 is 0.761 bits per heavy atom. The van der Waals surface area contributed by atoms with E-state index in [0.717, 1.165) is 0 Å². The van der Waals surface area contributed by atoms with Crippen LogP contribution in [-0.4, -0.2) is 24.9 Å². The summed E-state index contributed by atoms with van der Waals surface area (Å²) in [6.07, 6.45) is 0. The van der Waals surface area contributed by atoms with Gasteiger partial charge in [0.15, 0.2) is 0 Å². The summed E-state index contributed by atoms with van der Waals surface area (Å²) in [7, 11) is 0. The van der Waals surface area contributed by atoms with Gasteiger partial charge in [0.2, 0.25) is 5.92 Å². The summed E-state index contributed by atoms with van der Waals surface area (Å²) < 4.78 is 0. The Balaban J connectivity index is 1.67. The van der Waals surface area contributed by atoms with Crippen LogP contribution in [0.25, 0.3) is 66.6 Å². The van der Waals surface area contributed by atoms with Crippen LogP contribution < -0.4 is 0 Å². The fraction of sp³-hybridized carbons (Fsp3) is 0.143. The average molecular weight is 920 g/mol. The lowest BCUT2D eigenvalue weighted by Gasteiger charge is -2.30. The lowest BCUT2D eigenvalue weighted by molar-refractivity contribution is -0.590. The third kappa shape index (κ3) is 7.31. The molecule has 9 rings (SSSR count). The number of fused-ring (bicyclic) bond motifs is 8. The topological polar surface area (TPSA) is 291 Å². The predicted molar refractivity (Wildman–Crippen MR) is 259 cm³/mol. The Hall–Kier alpha value is -10.7. The first-order valence-electron chi connectivity index (χ1n) is 22.1. The normalized spacial score (nSPS) is 16.9. The lowest BCUT2D eigenvalue weighted by Crippen LogP contribution is -2.47. The van der Waals surface area contributed by atoms with Gasteiger partial charge >= 0.3 is 5.54 Å². The largest absolute Gasteiger partial charge is 0.354 e. The summed E-state index contributed by atoms with van der Waals surface area (Å²) in [4.78, 5) is 31.2. The monoisotopic (exact) mass is 919 g/mol. The van der Waals surface area contributed by atoms with E-state index in [2.05, 4.69) is 34.2 Å². The molecule has 7 aromatic rings. The number of nitrogens with one attached hydrogen (secondary N) is 2. The van der Waals surface area contributed by atoms with Gasteiger partial charge in [-0.1, -0.05) is 121 Å². The average Bonchev–Trinajstić information content (AvgIpc) is 4.23. The molecule has 0 aliphatic carbocycles. The molecule has 0 saturated carbocycles. The molecule has 0 radical (unpaired) electrons. The molecule has 71 heavy (non-hydrogen) atoms. The minimum absolute atomic E-state index is 0.0634. The number of hydrogen-bond acceptors (Lipinski definition) is 12. The number of rotatable bonds is 9. The molecular formula is C56H33N13O2. The van der Waals surface area contributed by atoms with Crippen molar-refractivity contribution in [1.29, 1.82) is 42.1 Å². The van der Waals surface area contributed by atoms with Crippen LogP contribution in [0.1, 0.15) is 40.5 Å². The molecule has 0 saturated heterocycles. The first kappa shape index (κ1) is 45.5. The maximum Gasteiger partial charge on any atom is 0.303 e. The van der Waals surface area contributed by atoms with Gasteiger partial charge in [0, 0.05) is 61.1 Å². The number of aromatic nitrogens is 4. The van der Waals surface area contributed by atoms with Crippen LogP contribution in [-0.2, 0) is 5.54 Å². The molecule has 2 unspecified atom stereocenters. The maximum atomic E-state index is 14.5. The number of H-pyrrole nitrogens is 2. The molecule has 4 aromatic carbocycles. The van der Waals surface area contributed by atoms with Crippen molar-refractivity contribution in [1.82, 2.24) is 19.9 Å². The molecule has 3 aromatic heterocycles. The van der Waals surface area contributed by atoms with Crippen LogP contribution in [0, 0.1) is 124 Å². The second-order valence-corrected chi connectivity index (χ2v) is 16.8. The van der Waals surface area contributed by atoms with Crippen molar-refractivity contribution in [2.24, 2.45) is 23.7 Å². The Morgan fingerprint density at radius 3 is 1.08 bits per heavy atom. The molecule has 15 nitrogen and oxygen atoms in total. The zero-order chi connectivity index (χ0) is 49.8. The third-order valence-corrected chi connectivity index (χ3v) is 13.2. The van der Waals surface area contributed by atoms with Crippen LogP contribution in [0.3, 0.4) is 0 Å². The maximum absolute atomic E-state index is 14.5. The summed E-state index contributed by atoms with van der Waals surface area (Å²) in [5, 5.41) is 101. The molecule has 0 spiro atoms. The molecule has 0 amide bonds. The number of nitrogens with zero attached hydrogens (tertiary/aromatic N) is 11. The van der Waals surface area contributed by atoms with E-state index in [-0.39, 0.29) is 44.9 Å². The molecule has 5 heterocycles. The van der Waals surface area contributed by atoms with Crippen molar-refractivity contribution in [3.8, 4) is 93.1 Å². The van der Waals surface area contributed by atoms with Crippen molar-refractivity contribution in [2.75, 3.05) is 0 Å². The first-order valence-corrected chi connectivity index (χ1v) is 22.1. The highest BCUT2D eigenvalue weighted by atomic mass is 16.6. The molecule has 2 N–H and O–H groups in total. The van der Waals surface area contributed by atoms with Crippen LogP contribution in [0.4, 0.5) is 0 Å². The van der Waals surface area contributed by atoms with Gasteiger partial charge in [0.1, 0.15) is 29.4 Å². The van der Waals surface area contributed by atoms with E-state index in [1.807, 2.05) is 24.3 Å². The number of hydrogen-bond donors (Lipinski definition) is 2. The van der Waals surface area contributed by atoms with E-state index < -0.39 is 51.9 Å². The number of benzene rings is 4. The van der Waals surface area contributed by atoms with E-state index in [0.29, 0.717) is 44.4 Å². The Morgan fingerprint density at radius 1 is 0.437 bits per heavy atom. The van der Waals surface area contributed by atoms with Gasteiger partial charge < -0.3 is 9.97 Å². The highest BCUT2D eigenvalue weighted by Crippen LogP contribution is 2.57. The number of nitro groups is 1. The molecule has 8 bridgehead atoms. The smallest absolute Gasteiger partial charge is 0.303 e. The van der Waals surface area contributed by atoms with Crippen LogP contribution in [0.5, 0.6) is 0 Å². The van der Waals surface area contributed by atoms with Gasteiger partial charge in [-0.15, -0.1) is 0 Å². The van der Waals surface area contributed by atoms with E-state index in [1.165, 1.54) is 0 Å². The summed E-state index contributed by atoms with van der Waals surface area (Å²) >= 11 is 0. The molecule has 334 valence electrons. The fourth-order valence-electron chi connectivity index (χ4n) is 10.3. The molecule has 4 atom stereocenters. The van der Waals surface area contributed by atoms with E-state index >= 15 is 0 Å². The number of aromatic amines is 2. The third-order valence-electron chi connectivity index (χ3n) is 13.2. The highest BCUT2D eigenvalue weighted by Gasteiger charge is 2.68. The zero-order valence-electron chi connectivity index (χ0n) is 37.1. The predicted octanol–water partition coefficient (Wildman–Crippen LogP) is 10.8. The van der Waals surface area contributed by atoms with E-state index in [4.69, 9.17) is 9.97 Å². The zero-order valence-corrected chi connectivity index (χ0v) is 37.1. The van der Waals surface area contributed by atoms with Gasteiger partial charge in [-0.25, -0.2) is 4.98 Å².